The number of carbonyl (C=O) groups is 1. The van der Waals surface area contributed by atoms with Crippen LogP contribution >= 0.6 is 0 Å². The number of hydrogen-bond donors (Lipinski definition) is 1. The highest BCUT2D eigenvalue weighted by molar-refractivity contribution is 5.99. The maximum atomic E-state index is 12.3. The van der Waals surface area contributed by atoms with E-state index in [0.717, 1.165) is 33.4 Å². The van der Waals surface area contributed by atoms with E-state index in [-0.39, 0.29) is 5.78 Å². The van der Waals surface area contributed by atoms with Crippen LogP contribution in [0.2, 0.25) is 0 Å². The maximum absolute atomic E-state index is 12.3. The number of hydrogen-bond acceptors (Lipinski definition) is 2. The molecule has 3 aromatic rings. The molecule has 0 fully saturated rings. The van der Waals surface area contributed by atoms with Gasteiger partial charge in [0.2, 0.25) is 0 Å². The third-order valence-electron chi connectivity index (χ3n) is 3.47. The van der Waals surface area contributed by atoms with E-state index < -0.39 is 0 Å². The Hall–Kier alpha value is -2.42. The summed E-state index contributed by atoms with van der Waals surface area (Å²) in [7, 11) is 0. The van der Waals surface area contributed by atoms with Crippen molar-refractivity contribution in [2.24, 2.45) is 0 Å². The minimum Gasteiger partial charge on any atom is -0.344 e. The molecule has 0 aliphatic carbocycles. The molecule has 3 heteroatoms. The van der Waals surface area contributed by atoms with Crippen molar-refractivity contribution in [3.05, 3.63) is 65.0 Å². The fraction of sp³-hybridized carbons (Fsp3) is 0.176. The monoisotopic (exact) mass is 264 g/mol. The average molecular weight is 264 g/mol. The van der Waals surface area contributed by atoms with Gasteiger partial charge in [0.05, 0.1) is 0 Å². The van der Waals surface area contributed by atoms with Crippen molar-refractivity contribution in [2.75, 3.05) is 0 Å². The lowest BCUT2D eigenvalue weighted by atomic mass is 10.00. The Kier molecular flexibility index (Phi) is 3.11. The molecule has 0 atom stereocenters. The molecule has 0 spiro atoms. The van der Waals surface area contributed by atoms with Crippen LogP contribution in [0.25, 0.3) is 11.0 Å². The molecule has 0 aliphatic heterocycles. The molecule has 1 aromatic carbocycles. The van der Waals surface area contributed by atoms with Crippen molar-refractivity contribution in [3.63, 3.8) is 0 Å². The van der Waals surface area contributed by atoms with Crippen molar-refractivity contribution in [1.82, 2.24) is 9.97 Å². The summed E-state index contributed by atoms with van der Waals surface area (Å²) in [5, 5.41) is 1.05. The first-order chi connectivity index (χ1) is 9.63. The predicted octanol–water partition coefficient (Wildman–Crippen LogP) is 3.61. The number of aromatic nitrogens is 2. The molecular formula is C17H16N2O. The third-order valence-corrected chi connectivity index (χ3v) is 3.47. The Bertz CT molecular complexity index is 787. The summed E-state index contributed by atoms with van der Waals surface area (Å²) in [6.45, 7) is 3.96. The van der Waals surface area contributed by atoms with Gasteiger partial charge in [-0.25, -0.2) is 4.98 Å². The van der Waals surface area contributed by atoms with Crippen LogP contribution in [0.1, 0.15) is 27.2 Å². The predicted molar refractivity (Wildman–Crippen MR) is 80.0 cm³/mol. The lowest BCUT2D eigenvalue weighted by Gasteiger charge is -2.04. The van der Waals surface area contributed by atoms with E-state index in [1.807, 2.05) is 50.2 Å². The summed E-state index contributed by atoms with van der Waals surface area (Å²) in [6.07, 6.45) is 2.16. The highest BCUT2D eigenvalue weighted by Crippen LogP contribution is 2.16. The summed E-state index contributed by atoms with van der Waals surface area (Å²) in [5.41, 5.74) is 4.70. The highest BCUT2D eigenvalue weighted by Gasteiger charge is 2.10. The van der Waals surface area contributed by atoms with Crippen LogP contribution in [0.15, 0.2) is 42.6 Å². The van der Waals surface area contributed by atoms with Gasteiger partial charge in [0, 0.05) is 29.3 Å². The molecule has 0 bridgehead atoms. The minimum atomic E-state index is 0.136. The number of Topliss-reactive ketones (excluding diaryl/α,β-unsaturated/α-hetero) is 1. The third kappa shape index (κ3) is 2.35. The van der Waals surface area contributed by atoms with Gasteiger partial charge < -0.3 is 4.98 Å². The molecule has 20 heavy (non-hydrogen) atoms. The molecule has 0 amide bonds. The average Bonchev–Trinajstić information content (AvgIpc) is 2.78. The van der Waals surface area contributed by atoms with Crippen LogP contribution in [0.3, 0.4) is 0 Å². The summed E-state index contributed by atoms with van der Waals surface area (Å²) in [6, 6.07) is 11.8. The number of fused-ring (bicyclic) bond motifs is 1. The molecule has 3 nitrogen and oxygen atoms in total. The summed E-state index contributed by atoms with van der Waals surface area (Å²) in [5.74, 6) is 0.136. The molecule has 0 unspecified atom stereocenters. The van der Waals surface area contributed by atoms with Gasteiger partial charge in [0.25, 0.3) is 0 Å². The van der Waals surface area contributed by atoms with Crippen LogP contribution in [0.4, 0.5) is 0 Å². The maximum Gasteiger partial charge on any atom is 0.167 e. The van der Waals surface area contributed by atoms with Crippen LogP contribution < -0.4 is 0 Å². The summed E-state index contributed by atoms with van der Waals surface area (Å²) >= 11 is 0. The number of aromatic amines is 1. The Labute approximate surface area is 117 Å². The quantitative estimate of drug-likeness (QED) is 0.734. The number of nitrogens with one attached hydrogen (secondary N) is 1. The minimum absolute atomic E-state index is 0.136. The number of rotatable bonds is 3. The Morgan fingerprint density at radius 1 is 1.20 bits per heavy atom. The van der Waals surface area contributed by atoms with E-state index in [0.29, 0.717) is 6.42 Å². The van der Waals surface area contributed by atoms with Gasteiger partial charge in [-0.1, -0.05) is 24.3 Å². The first-order valence-electron chi connectivity index (χ1n) is 6.66. The second kappa shape index (κ2) is 4.93. The second-order valence-corrected chi connectivity index (χ2v) is 5.15. The van der Waals surface area contributed by atoms with E-state index in [9.17, 15) is 4.79 Å². The zero-order valence-electron chi connectivity index (χ0n) is 11.6. The lowest BCUT2D eigenvalue weighted by molar-refractivity contribution is 0.0992. The van der Waals surface area contributed by atoms with Crippen LogP contribution in [0, 0.1) is 13.8 Å². The van der Waals surface area contributed by atoms with Crippen molar-refractivity contribution in [1.29, 1.82) is 0 Å². The van der Waals surface area contributed by atoms with Crippen LogP contribution in [-0.2, 0) is 6.42 Å². The van der Waals surface area contributed by atoms with Gasteiger partial charge in [-0.2, -0.15) is 0 Å². The van der Waals surface area contributed by atoms with Gasteiger partial charge in [0.1, 0.15) is 5.65 Å². The number of carbonyl (C=O) groups excluding carboxylic acids is 1. The topological polar surface area (TPSA) is 45.8 Å². The highest BCUT2D eigenvalue weighted by atomic mass is 16.1. The largest absolute Gasteiger partial charge is 0.344 e. The zero-order valence-corrected chi connectivity index (χ0v) is 11.6. The molecule has 0 saturated carbocycles. The van der Waals surface area contributed by atoms with Gasteiger partial charge in [-0.05, 0) is 37.1 Å². The normalized spacial score (nSPS) is 10.9. The van der Waals surface area contributed by atoms with Gasteiger partial charge in [-0.15, -0.1) is 0 Å². The molecule has 3 rings (SSSR count). The summed E-state index contributed by atoms with van der Waals surface area (Å²) in [4.78, 5) is 19.9. The molecule has 2 heterocycles. The Morgan fingerprint density at radius 3 is 2.80 bits per heavy atom. The fourth-order valence-electron chi connectivity index (χ4n) is 2.46. The fourth-order valence-corrected chi connectivity index (χ4v) is 2.46. The molecular weight excluding hydrogens is 248 g/mol. The first-order valence-corrected chi connectivity index (χ1v) is 6.66. The van der Waals surface area contributed by atoms with Crippen molar-refractivity contribution >= 4 is 16.8 Å². The molecule has 0 saturated heterocycles. The van der Waals surface area contributed by atoms with Crippen LogP contribution in [0.5, 0.6) is 0 Å². The number of H-pyrrole nitrogens is 1. The molecule has 100 valence electrons. The molecule has 1 N–H and O–H groups in total. The number of aryl methyl sites for hydroxylation is 2. The van der Waals surface area contributed by atoms with E-state index >= 15 is 0 Å². The number of benzene rings is 1. The standard InChI is InChI=1S/C17H16N2O/c1-11-5-3-4-6-15(11)16(20)9-13-8-14-7-12(2)19-17(14)18-10-13/h3-8,10H,9H2,1-2H3,(H,18,19). The number of ketones is 1. The second-order valence-electron chi connectivity index (χ2n) is 5.15. The SMILES string of the molecule is Cc1cc2cc(CC(=O)c3ccccc3C)cnc2[nH]1. The smallest absolute Gasteiger partial charge is 0.167 e. The van der Waals surface area contributed by atoms with E-state index in [1.54, 1.807) is 6.20 Å². The van der Waals surface area contributed by atoms with Gasteiger partial charge in [-0.3, -0.25) is 4.79 Å². The van der Waals surface area contributed by atoms with Gasteiger partial charge in [0.15, 0.2) is 5.78 Å². The molecule has 0 aliphatic rings. The number of pyridine rings is 1. The van der Waals surface area contributed by atoms with E-state index in [2.05, 4.69) is 9.97 Å². The Balaban J connectivity index is 1.89. The van der Waals surface area contributed by atoms with Gasteiger partial charge >= 0.3 is 0 Å². The molecule has 2 aromatic heterocycles. The summed E-state index contributed by atoms with van der Waals surface area (Å²) < 4.78 is 0. The van der Waals surface area contributed by atoms with Crippen molar-refractivity contribution in [2.45, 2.75) is 20.3 Å². The Morgan fingerprint density at radius 2 is 2.00 bits per heavy atom. The first kappa shape index (κ1) is 12.6. The van der Waals surface area contributed by atoms with Crippen LogP contribution in [-0.4, -0.2) is 15.8 Å². The van der Waals surface area contributed by atoms with Crippen molar-refractivity contribution in [3.8, 4) is 0 Å². The molecule has 0 radical (unpaired) electrons. The van der Waals surface area contributed by atoms with E-state index in [4.69, 9.17) is 0 Å². The van der Waals surface area contributed by atoms with E-state index in [1.165, 1.54) is 0 Å². The van der Waals surface area contributed by atoms with Crippen molar-refractivity contribution < 1.29 is 4.79 Å². The lowest BCUT2D eigenvalue weighted by Crippen LogP contribution is -2.05. The zero-order chi connectivity index (χ0) is 14.1. The number of nitrogens with zero attached hydrogens (tertiary/aromatic N) is 1.